The van der Waals surface area contributed by atoms with Gasteiger partial charge in [-0.2, -0.15) is 13.2 Å². The van der Waals surface area contributed by atoms with Gasteiger partial charge in [-0.1, -0.05) is 57.2 Å². The van der Waals surface area contributed by atoms with Gasteiger partial charge < -0.3 is 14.2 Å². The molecule has 0 radical (unpaired) electrons. The highest BCUT2D eigenvalue weighted by molar-refractivity contribution is 5.81. The maximum absolute atomic E-state index is 13.8. The lowest BCUT2D eigenvalue weighted by Crippen LogP contribution is -2.24. The summed E-state index contributed by atoms with van der Waals surface area (Å²) in [5.74, 6) is 0.390. The fraction of sp³-hybridized carbons (Fsp3) is 0.321. The number of aliphatic hydroxyl groups excluding tert-OH is 1. The molecule has 1 N–H and O–H groups in total. The van der Waals surface area contributed by atoms with Gasteiger partial charge in [0.25, 0.3) is 0 Å². The van der Waals surface area contributed by atoms with Crippen molar-refractivity contribution in [2.24, 2.45) is 12.0 Å². The minimum Gasteiger partial charge on any atom is -0.392 e. The van der Waals surface area contributed by atoms with Gasteiger partial charge in [0.1, 0.15) is 0 Å². The molecule has 0 unspecified atom stereocenters. The summed E-state index contributed by atoms with van der Waals surface area (Å²) in [6, 6.07) is 17.8. The monoisotopic (exact) mass is 481 g/mol. The van der Waals surface area contributed by atoms with Gasteiger partial charge >= 0.3 is 6.18 Å². The Morgan fingerprint density at radius 1 is 0.943 bits per heavy atom. The Kier molecular flexibility index (Phi) is 6.90. The van der Waals surface area contributed by atoms with Crippen LogP contribution in [0.4, 0.5) is 18.9 Å². The number of halogens is 3. The van der Waals surface area contributed by atoms with Gasteiger partial charge in [0, 0.05) is 7.05 Å². The molecule has 1 heterocycles. The number of aryl methyl sites for hydroxylation is 2. The summed E-state index contributed by atoms with van der Waals surface area (Å²) in [5, 5.41) is 9.36. The molecule has 1 aromatic heterocycles. The molecule has 0 saturated heterocycles. The number of fused-ring (bicyclic) bond motifs is 1. The predicted octanol–water partition coefficient (Wildman–Crippen LogP) is 6.46. The number of aliphatic hydroxyl groups is 1. The van der Waals surface area contributed by atoms with Crippen LogP contribution in [0, 0.1) is 0 Å². The number of imidazole rings is 1. The molecule has 0 fully saturated rings. The van der Waals surface area contributed by atoms with Gasteiger partial charge in [-0.25, -0.2) is 4.99 Å². The van der Waals surface area contributed by atoms with Crippen molar-refractivity contribution < 1.29 is 18.3 Å². The van der Waals surface area contributed by atoms with E-state index in [0.29, 0.717) is 35.6 Å². The van der Waals surface area contributed by atoms with Crippen molar-refractivity contribution >= 4 is 16.7 Å². The van der Waals surface area contributed by atoms with Crippen LogP contribution in [0.15, 0.2) is 65.7 Å². The second-order valence-corrected chi connectivity index (χ2v) is 9.13. The zero-order chi connectivity index (χ0) is 25.3. The van der Waals surface area contributed by atoms with Crippen molar-refractivity contribution in [1.82, 2.24) is 9.13 Å². The number of alkyl halides is 3. The van der Waals surface area contributed by atoms with E-state index in [1.807, 2.05) is 71.6 Å². The fourth-order valence-electron chi connectivity index (χ4n) is 4.37. The van der Waals surface area contributed by atoms with Crippen molar-refractivity contribution in [3.63, 3.8) is 0 Å². The average Bonchev–Trinajstić information content (AvgIpc) is 3.09. The zero-order valence-electron chi connectivity index (χ0n) is 20.4. The Hall–Kier alpha value is -3.32. The number of hydrogen-bond acceptors (Lipinski definition) is 2. The first-order chi connectivity index (χ1) is 16.6. The molecule has 4 aromatic rings. The van der Waals surface area contributed by atoms with E-state index in [0.717, 1.165) is 22.3 Å². The second kappa shape index (κ2) is 9.74. The highest BCUT2D eigenvalue weighted by Crippen LogP contribution is 2.33. The van der Waals surface area contributed by atoms with E-state index >= 15 is 0 Å². The number of hydrogen-bond donors (Lipinski definition) is 1. The quantitative estimate of drug-likeness (QED) is 0.338. The molecule has 0 aliphatic carbocycles. The number of nitrogens with zero attached hydrogens (tertiary/aromatic N) is 3. The van der Waals surface area contributed by atoms with Gasteiger partial charge in [0.05, 0.1) is 35.4 Å². The Morgan fingerprint density at radius 2 is 1.57 bits per heavy atom. The third-order valence-corrected chi connectivity index (χ3v) is 6.38. The minimum atomic E-state index is -4.45. The van der Waals surface area contributed by atoms with Gasteiger partial charge in [-0.05, 0) is 58.9 Å². The molecule has 7 heteroatoms. The maximum atomic E-state index is 13.8. The third-order valence-electron chi connectivity index (χ3n) is 6.38. The van der Waals surface area contributed by atoms with Crippen LogP contribution in [-0.4, -0.2) is 14.2 Å². The summed E-state index contributed by atoms with van der Waals surface area (Å²) in [6.45, 7) is 6.38. The fourth-order valence-corrected chi connectivity index (χ4v) is 4.37. The summed E-state index contributed by atoms with van der Waals surface area (Å²) in [4.78, 5) is 4.88. The standard InChI is InChI=1S/C28H30F3N3O/c1-5-21-14-23(28(29,30)31)15-25-26(21)33(4)27(32-24-12-10-22(11-13-24)18(2)3)34(25)16-19-6-8-20(17-35)9-7-19/h6-15,18,35H,5,16-17H2,1-4H3. The molecule has 3 aromatic carbocycles. The van der Waals surface area contributed by atoms with Crippen LogP contribution in [0.2, 0.25) is 0 Å². The van der Waals surface area contributed by atoms with Crippen molar-refractivity contribution in [3.8, 4) is 0 Å². The number of benzene rings is 3. The summed E-state index contributed by atoms with van der Waals surface area (Å²) < 4.78 is 45.0. The first kappa shape index (κ1) is 24.8. The molecule has 0 amide bonds. The predicted molar refractivity (Wildman–Crippen MR) is 133 cm³/mol. The third kappa shape index (κ3) is 5.05. The number of aromatic nitrogens is 2. The molecular weight excluding hydrogens is 451 g/mol. The Morgan fingerprint density at radius 3 is 2.11 bits per heavy atom. The average molecular weight is 482 g/mol. The van der Waals surface area contributed by atoms with Crippen molar-refractivity contribution in [2.75, 3.05) is 0 Å². The highest BCUT2D eigenvalue weighted by atomic mass is 19.4. The molecule has 0 aliphatic rings. The van der Waals surface area contributed by atoms with Crippen LogP contribution < -0.4 is 5.62 Å². The Balaban J connectivity index is 1.99. The van der Waals surface area contributed by atoms with Crippen LogP contribution in [0.1, 0.15) is 54.5 Å². The number of rotatable bonds is 6. The van der Waals surface area contributed by atoms with E-state index < -0.39 is 11.7 Å². The van der Waals surface area contributed by atoms with E-state index in [1.165, 1.54) is 17.7 Å². The Labute approximate surface area is 203 Å². The van der Waals surface area contributed by atoms with Gasteiger partial charge in [-0.15, -0.1) is 0 Å². The molecular formula is C28H30F3N3O. The van der Waals surface area contributed by atoms with E-state index in [1.54, 1.807) is 0 Å². The zero-order valence-corrected chi connectivity index (χ0v) is 20.4. The van der Waals surface area contributed by atoms with E-state index in [-0.39, 0.29) is 6.61 Å². The largest absolute Gasteiger partial charge is 0.416 e. The lowest BCUT2D eigenvalue weighted by atomic mass is 10.0. The van der Waals surface area contributed by atoms with Crippen molar-refractivity contribution in [2.45, 2.75) is 52.4 Å². The van der Waals surface area contributed by atoms with Crippen molar-refractivity contribution in [3.05, 3.63) is 94.1 Å². The van der Waals surface area contributed by atoms with E-state index in [2.05, 4.69) is 13.8 Å². The maximum Gasteiger partial charge on any atom is 0.416 e. The summed E-state index contributed by atoms with van der Waals surface area (Å²) in [5.41, 5.74) is 5.37. The SMILES string of the molecule is CCc1cc(C(F)(F)F)cc2c1n(C)c(=Nc1ccc(C(C)C)cc1)n2Cc1ccc(CO)cc1. The van der Waals surface area contributed by atoms with Crippen LogP contribution in [0.25, 0.3) is 11.0 Å². The smallest absolute Gasteiger partial charge is 0.392 e. The van der Waals surface area contributed by atoms with Crippen molar-refractivity contribution in [1.29, 1.82) is 0 Å². The molecule has 4 nitrogen and oxygen atoms in total. The van der Waals surface area contributed by atoms with Crippen LogP contribution in [0.5, 0.6) is 0 Å². The van der Waals surface area contributed by atoms with Crippen LogP contribution in [-0.2, 0) is 32.8 Å². The van der Waals surface area contributed by atoms with Crippen LogP contribution in [0.3, 0.4) is 0 Å². The molecule has 0 saturated carbocycles. The molecule has 35 heavy (non-hydrogen) atoms. The summed E-state index contributed by atoms with van der Waals surface area (Å²) >= 11 is 0. The van der Waals surface area contributed by atoms with Gasteiger partial charge in [0.2, 0.25) is 5.62 Å². The first-order valence-electron chi connectivity index (χ1n) is 11.7. The van der Waals surface area contributed by atoms with Gasteiger partial charge in [-0.3, -0.25) is 0 Å². The first-order valence-corrected chi connectivity index (χ1v) is 11.7. The molecule has 0 atom stereocenters. The molecule has 184 valence electrons. The highest BCUT2D eigenvalue weighted by Gasteiger charge is 2.32. The topological polar surface area (TPSA) is 42.5 Å². The van der Waals surface area contributed by atoms with E-state index in [4.69, 9.17) is 4.99 Å². The summed E-state index contributed by atoms with van der Waals surface area (Å²) in [7, 11) is 1.85. The van der Waals surface area contributed by atoms with Crippen LogP contribution >= 0.6 is 0 Å². The molecule has 0 aliphatic heterocycles. The lowest BCUT2D eigenvalue weighted by molar-refractivity contribution is -0.137. The molecule has 4 rings (SSSR count). The lowest BCUT2D eigenvalue weighted by Gasteiger charge is -2.12. The molecule has 0 spiro atoms. The molecule has 0 bridgehead atoms. The minimum absolute atomic E-state index is 0.0660. The normalized spacial score (nSPS) is 12.8. The van der Waals surface area contributed by atoms with Gasteiger partial charge in [0.15, 0.2) is 0 Å². The second-order valence-electron chi connectivity index (χ2n) is 9.13. The Bertz CT molecular complexity index is 1390. The summed E-state index contributed by atoms with van der Waals surface area (Å²) in [6.07, 6.45) is -3.98. The van der Waals surface area contributed by atoms with E-state index in [9.17, 15) is 18.3 Å².